The summed E-state index contributed by atoms with van der Waals surface area (Å²) in [6.45, 7) is 1.50. The molecule has 80 valence electrons. The number of nitrogens with zero attached hydrogens (tertiary/aromatic N) is 2. The number of carboxylic acids is 1. The van der Waals surface area contributed by atoms with E-state index in [1.807, 2.05) is 0 Å². The zero-order valence-electron chi connectivity index (χ0n) is 7.97. The van der Waals surface area contributed by atoms with E-state index in [4.69, 9.17) is 5.11 Å². The second-order valence-electron chi connectivity index (χ2n) is 3.34. The number of carbonyl (C=O) groups excluding carboxylic acids is 1. The molecular weight excluding hydrogens is 216 g/mol. The monoisotopic (exact) mass is 226 g/mol. The first-order chi connectivity index (χ1) is 7.18. The highest BCUT2D eigenvalue weighted by molar-refractivity contribution is 7.11. The van der Waals surface area contributed by atoms with E-state index < -0.39 is 5.97 Å². The summed E-state index contributed by atoms with van der Waals surface area (Å²) in [5.41, 5.74) is -0.0532. The van der Waals surface area contributed by atoms with Gasteiger partial charge in [-0.25, -0.2) is 9.78 Å². The molecule has 1 amide bonds. The first-order valence-electron chi connectivity index (χ1n) is 4.66. The number of aromatic carboxylic acids is 1. The number of aromatic nitrogens is 1. The minimum absolute atomic E-state index is 0.0532. The Morgan fingerprint density at radius 1 is 1.40 bits per heavy atom. The normalized spacial score (nSPS) is 15.6. The van der Waals surface area contributed by atoms with Crippen LogP contribution in [0.1, 0.15) is 33.1 Å². The molecule has 1 aliphatic heterocycles. The fourth-order valence-electron chi connectivity index (χ4n) is 1.53. The van der Waals surface area contributed by atoms with Crippen LogP contribution < -0.4 is 0 Å². The largest absolute Gasteiger partial charge is 0.476 e. The molecule has 1 fully saturated rings. The second kappa shape index (κ2) is 3.98. The fourth-order valence-corrected chi connectivity index (χ4v) is 2.28. The van der Waals surface area contributed by atoms with Gasteiger partial charge in [-0.2, -0.15) is 0 Å². The van der Waals surface area contributed by atoms with E-state index in [-0.39, 0.29) is 16.6 Å². The van der Waals surface area contributed by atoms with Gasteiger partial charge in [-0.05, 0) is 12.8 Å². The van der Waals surface area contributed by atoms with E-state index >= 15 is 0 Å². The van der Waals surface area contributed by atoms with Gasteiger partial charge >= 0.3 is 5.97 Å². The van der Waals surface area contributed by atoms with E-state index in [0.717, 1.165) is 37.3 Å². The van der Waals surface area contributed by atoms with Gasteiger partial charge in [0.05, 0.1) is 0 Å². The van der Waals surface area contributed by atoms with Crippen LogP contribution in [0.3, 0.4) is 0 Å². The summed E-state index contributed by atoms with van der Waals surface area (Å²) in [6.07, 6.45) is 2.03. The predicted octanol–water partition coefficient (Wildman–Crippen LogP) is 1.08. The molecule has 5 nitrogen and oxygen atoms in total. The second-order valence-corrected chi connectivity index (χ2v) is 4.20. The Labute approximate surface area is 90.4 Å². The third kappa shape index (κ3) is 1.99. The number of hydrogen-bond donors (Lipinski definition) is 1. The van der Waals surface area contributed by atoms with Gasteiger partial charge in [0.25, 0.3) is 5.91 Å². The van der Waals surface area contributed by atoms with Gasteiger partial charge in [0.15, 0.2) is 10.7 Å². The average Bonchev–Trinajstić information content (AvgIpc) is 2.88. The van der Waals surface area contributed by atoms with E-state index in [1.165, 1.54) is 5.38 Å². The lowest BCUT2D eigenvalue weighted by Crippen LogP contribution is -2.27. The molecule has 1 N–H and O–H groups in total. The van der Waals surface area contributed by atoms with Crippen molar-refractivity contribution < 1.29 is 14.7 Å². The van der Waals surface area contributed by atoms with Crippen molar-refractivity contribution in [1.82, 2.24) is 9.88 Å². The van der Waals surface area contributed by atoms with Crippen molar-refractivity contribution >= 4 is 23.2 Å². The maximum absolute atomic E-state index is 11.8. The molecule has 0 aromatic carbocycles. The van der Waals surface area contributed by atoms with Crippen LogP contribution in [-0.4, -0.2) is 40.0 Å². The maximum atomic E-state index is 11.8. The standard InChI is InChI=1S/C9H10N2O3S/c12-8(11-3-1-2-4-11)7-10-6(5-15-7)9(13)14/h5H,1-4H2,(H,13,14). The first-order valence-corrected chi connectivity index (χ1v) is 5.54. The Kier molecular flexibility index (Phi) is 2.68. The van der Waals surface area contributed by atoms with Gasteiger partial charge in [-0.15, -0.1) is 11.3 Å². The van der Waals surface area contributed by atoms with Gasteiger partial charge in [0.2, 0.25) is 0 Å². The summed E-state index contributed by atoms with van der Waals surface area (Å²) in [4.78, 5) is 27.8. The van der Waals surface area contributed by atoms with Crippen molar-refractivity contribution in [3.8, 4) is 0 Å². The maximum Gasteiger partial charge on any atom is 0.355 e. The molecule has 0 spiro atoms. The van der Waals surface area contributed by atoms with Crippen molar-refractivity contribution in [3.05, 3.63) is 16.1 Å². The average molecular weight is 226 g/mol. The van der Waals surface area contributed by atoms with Crippen molar-refractivity contribution in [3.63, 3.8) is 0 Å². The van der Waals surface area contributed by atoms with E-state index in [9.17, 15) is 9.59 Å². The van der Waals surface area contributed by atoms with Gasteiger partial charge in [-0.1, -0.05) is 0 Å². The molecule has 0 aliphatic carbocycles. The lowest BCUT2D eigenvalue weighted by molar-refractivity contribution is 0.0691. The number of rotatable bonds is 2. The van der Waals surface area contributed by atoms with Crippen LogP contribution in [0.5, 0.6) is 0 Å². The summed E-state index contributed by atoms with van der Waals surface area (Å²) in [7, 11) is 0. The minimum atomic E-state index is -1.09. The van der Waals surface area contributed by atoms with E-state index in [2.05, 4.69) is 4.98 Å². The van der Waals surface area contributed by atoms with Crippen LogP contribution in [-0.2, 0) is 0 Å². The third-order valence-electron chi connectivity index (χ3n) is 2.30. The SMILES string of the molecule is O=C(O)c1csc(C(=O)N2CCCC2)n1. The highest BCUT2D eigenvalue weighted by Crippen LogP contribution is 2.16. The molecule has 0 bridgehead atoms. The lowest BCUT2D eigenvalue weighted by atomic mass is 10.4. The van der Waals surface area contributed by atoms with Crippen LogP contribution in [0.4, 0.5) is 0 Å². The Balaban J connectivity index is 2.14. The minimum Gasteiger partial charge on any atom is -0.476 e. The zero-order valence-corrected chi connectivity index (χ0v) is 8.79. The molecule has 0 radical (unpaired) electrons. The number of thiazole rings is 1. The number of hydrogen-bond acceptors (Lipinski definition) is 4. The highest BCUT2D eigenvalue weighted by atomic mass is 32.1. The fraction of sp³-hybridized carbons (Fsp3) is 0.444. The molecule has 2 heterocycles. The molecule has 6 heteroatoms. The zero-order chi connectivity index (χ0) is 10.8. The number of amides is 1. The molecule has 1 aliphatic rings. The molecule has 1 aromatic heterocycles. The number of likely N-dealkylation sites (tertiary alicyclic amines) is 1. The summed E-state index contributed by atoms with van der Waals surface area (Å²) in [5, 5.41) is 10.3. The van der Waals surface area contributed by atoms with Gasteiger partial charge in [0, 0.05) is 18.5 Å². The van der Waals surface area contributed by atoms with Crippen LogP contribution in [0.2, 0.25) is 0 Å². The van der Waals surface area contributed by atoms with Crippen LogP contribution in [0, 0.1) is 0 Å². The third-order valence-corrected chi connectivity index (χ3v) is 3.13. The lowest BCUT2D eigenvalue weighted by Gasteiger charge is -2.12. The quantitative estimate of drug-likeness (QED) is 0.819. The van der Waals surface area contributed by atoms with Crippen molar-refractivity contribution in [1.29, 1.82) is 0 Å². The van der Waals surface area contributed by atoms with Crippen LogP contribution >= 0.6 is 11.3 Å². The first kappa shape index (κ1) is 10.1. The van der Waals surface area contributed by atoms with Crippen molar-refractivity contribution in [2.45, 2.75) is 12.8 Å². The molecule has 1 aromatic rings. The summed E-state index contributed by atoms with van der Waals surface area (Å²) >= 11 is 1.09. The van der Waals surface area contributed by atoms with E-state index in [0.29, 0.717) is 0 Å². The molecular formula is C9H10N2O3S. The summed E-state index contributed by atoms with van der Waals surface area (Å²) < 4.78 is 0. The van der Waals surface area contributed by atoms with Gasteiger partial charge < -0.3 is 10.0 Å². The molecule has 15 heavy (non-hydrogen) atoms. The highest BCUT2D eigenvalue weighted by Gasteiger charge is 2.22. The van der Waals surface area contributed by atoms with Crippen molar-refractivity contribution in [2.24, 2.45) is 0 Å². The Hall–Kier alpha value is -1.43. The molecule has 0 saturated carbocycles. The topological polar surface area (TPSA) is 70.5 Å². The van der Waals surface area contributed by atoms with Crippen LogP contribution in [0.15, 0.2) is 5.38 Å². The smallest absolute Gasteiger partial charge is 0.355 e. The summed E-state index contributed by atoms with van der Waals surface area (Å²) in [5.74, 6) is -1.24. The molecule has 2 rings (SSSR count). The molecule has 0 unspecified atom stereocenters. The van der Waals surface area contributed by atoms with Gasteiger partial charge in [0.1, 0.15) is 0 Å². The molecule has 0 atom stereocenters. The van der Waals surface area contributed by atoms with Gasteiger partial charge in [-0.3, -0.25) is 4.79 Å². The number of carboxylic acid groups (broad SMARTS) is 1. The van der Waals surface area contributed by atoms with E-state index in [1.54, 1.807) is 4.90 Å². The summed E-state index contributed by atoms with van der Waals surface area (Å²) in [6, 6.07) is 0. The Morgan fingerprint density at radius 2 is 2.07 bits per heavy atom. The van der Waals surface area contributed by atoms with Crippen LogP contribution in [0.25, 0.3) is 0 Å². The Morgan fingerprint density at radius 3 is 2.60 bits per heavy atom. The predicted molar refractivity (Wildman–Crippen MR) is 54.2 cm³/mol. The molecule has 1 saturated heterocycles. The Bertz CT molecular complexity index is 396. The number of carbonyl (C=O) groups is 2. The van der Waals surface area contributed by atoms with Crippen molar-refractivity contribution in [2.75, 3.05) is 13.1 Å².